The second-order valence-electron chi connectivity index (χ2n) is 7.02. The number of hydrogen-bond acceptors (Lipinski definition) is 6. The molecule has 1 aliphatic rings. The van der Waals surface area contributed by atoms with E-state index in [1.54, 1.807) is 7.05 Å². The number of H-pyrrole nitrogens is 2. The first-order chi connectivity index (χ1) is 13.8. The summed E-state index contributed by atoms with van der Waals surface area (Å²) in [7, 11) is -2.11. The SMILES string of the molecule is CCCOC(=O)Oc1c[nH]c2c(=O)[nH]c3ccc(S(=O)(=O)N(C)C4CC4)cc3c12. The van der Waals surface area contributed by atoms with Crippen LogP contribution in [0.4, 0.5) is 4.79 Å². The summed E-state index contributed by atoms with van der Waals surface area (Å²) in [4.78, 5) is 29.8. The molecule has 1 saturated carbocycles. The predicted molar refractivity (Wildman–Crippen MR) is 107 cm³/mol. The molecule has 154 valence electrons. The van der Waals surface area contributed by atoms with E-state index in [1.165, 1.54) is 28.7 Å². The first-order valence-electron chi connectivity index (χ1n) is 9.32. The molecular formula is C19H21N3O6S. The topological polar surface area (TPSA) is 122 Å². The van der Waals surface area contributed by atoms with Gasteiger partial charge >= 0.3 is 6.16 Å². The Balaban J connectivity index is 1.85. The van der Waals surface area contributed by atoms with Crippen LogP contribution in [-0.4, -0.2) is 48.5 Å². The maximum absolute atomic E-state index is 12.9. The van der Waals surface area contributed by atoms with E-state index in [9.17, 15) is 18.0 Å². The Kier molecular flexibility index (Phi) is 4.83. The van der Waals surface area contributed by atoms with Gasteiger partial charge in [0.05, 0.1) is 16.9 Å². The van der Waals surface area contributed by atoms with Crippen LogP contribution in [-0.2, 0) is 14.8 Å². The fraction of sp³-hybridized carbons (Fsp3) is 0.368. The van der Waals surface area contributed by atoms with Crippen molar-refractivity contribution in [2.24, 2.45) is 0 Å². The molecule has 10 heteroatoms. The molecular weight excluding hydrogens is 398 g/mol. The highest BCUT2D eigenvalue weighted by Crippen LogP contribution is 2.34. The van der Waals surface area contributed by atoms with Crippen molar-refractivity contribution in [3.8, 4) is 5.75 Å². The summed E-state index contributed by atoms with van der Waals surface area (Å²) < 4.78 is 37.4. The number of benzene rings is 1. The number of nitrogens with zero attached hydrogens (tertiary/aromatic N) is 1. The summed E-state index contributed by atoms with van der Waals surface area (Å²) in [6, 6.07) is 4.50. The number of carbonyl (C=O) groups is 1. The van der Waals surface area contributed by atoms with E-state index in [0.717, 1.165) is 12.8 Å². The lowest BCUT2D eigenvalue weighted by Gasteiger charge is -2.16. The van der Waals surface area contributed by atoms with Gasteiger partial charge in [0.15, 0.2) is 5.75 Å². The number of ether oxygens (including phenoxy) is 2. The Bertz CT molecular complexity index is 1260. The van der Waals surface area contributed by atoms with E-state index >= 15 is 0 Å². The Morgan fingerprint density at radius 3 is 2.76 bits per heavy atom. The van der Waals surface area contributed by atoms with Crippen LogP contribution in [0.15, 0.2) is 34.1 Å². The molecule has 0 aliphatic heterocycles. The van der Waals surface area contributed by atoms with Gasteiger partial charge in [0.25, 0.3) is 5.56 Å². The average Bonchev–Trinajstić information content (AvgIpc) is 3.46. The third-order valence-electron chi connectivity index (χ3n) is 4.94. The van der Waals surface area contributed by atoms with Crippen molar-refractivity contribution in [2.75, 3.05) is 13.7 Å². The molecule has 2 aromatic heterocycles. The molecule has 0 bridgehead atoms. The number of nitrogens with one attached hydrogen (secondary N) is 2. The summed E-state index contributed by atoms with van der Waals surface area (Å²) in [6.45, 7) is 2.06. The van der Waals surface area contributed by atoms with Gasteiger partial charge in [0, 0.05) is 30.2 Å². The minimum atomic E-state index is -3.68. The van der Waals surface area contributed by atoms with Crippen LogP contribution in [0.3, 0.4) is 0 Å². The number of fused-ring (bicyclic) bond motifs is 3. The quantitative estimate of drug-likeness (QED) is 0.593. The first kappa shape index (κ1) is 19.5. The van der Waals surface area contributed by atoms with Gasteiger partial charge in [-0.15, -0.1) is 0 Å². The summed E-state index contributed by atoms with van der Waals surface area (Å²) in [5, 5.41) is 0.771. The number of carbonyl (C=O) groups excluding carboxylic acids is 1. The van der Waals surface area contributed by atoms with Crippen molar-refractivity contribution >= 4 is 38.0 Å². The van der Waals surface area contributed by atoms with Gasteiger partial charge in [-0.25, -0.2) is 13.2 Å². The van der Waals surface area contributed by atoms with E-state index in [0.29, 0.717) is 22.7 Å². The largest absolute Gasteiger partial charge is 0.513 e. The second kappa shape index (κ2) is 7.20. The van der Waals surface area contributed by atoms with E-state index < -0.39 is 21.7 Å². The normalized spacial score (nSPS) is 14.6. The molecule has 29 heavy (non-hydrogen) atoms. The highest BCUT2D eigenvalue weighted by Gasteiger charge is 2.35. The number of hydrogen-bond donors (Lipinski definition) is 2. The molecule has 2 N–H and O–H groups in total. The van der Waals surface area contributed by atoms with Crippen LogP contribution in [0.5, 0.6) is 5.75 Å². The van der Waals surface area contributed by atoms with Gasteiger partial charge in [0.2, 0.25) is 10.0 Å². The lowest BCUT2D eigenvalue weighted by molar-refractivity contribution is 0.0997. The minimum absolute atomic E-state index is 0.0192. The molecule has 0 radical (unpaired) electrons. The smallest absolute Gasteiger partial charge is 0.434 e. The van der Waals surface area contributed by atoms with E-state index in [2.05, 4.69) is 9.97 Å². The summed E-state index contributed by atoms with van der Waals surface area (Å²) >= 11 is 0. The van der Waals surface area contributed by atoms with Gasteiger partial charge < -0.3 is 19.4 Å². The molecule has 0 unspecified atom stereocenters. The van der Waals surface area contributed by atoms with E-state index in [1.807, 2.05) is 6.92 Å². The molecule has 9 nitrogen and oxygen atoms in total. The fourth-order valence-corrected chi connectivity index (χ4v) is 4.66. The maximum Gasteiger partial charge on any atom is 0.513 e. The third-order valence-corrected chi connectivity index (χ3v) is 6.84. The fourth-order valence-electron chi connectivity index (χ4n) is 3.22. The number of sulfonamides is 1. The molecule has 4 rings (SSSR count). The van der Waals surface area contributed by atoms with Gasteiger partial charge in [-0.05, 0) is 37.5 Å². The summed E-state index contributed by atoms with van der Waals surface area (Å²) in [6.07, 6.45) is 2.82. The van der Waals surface area contributed by atoms with E-state index in [-0.39, 0.29) is 28.8 Å². The molecule has 2 heterocycles. The maximum atomic E-state index is 12.9. The van der Waals surface area contributed by atoms with Gasteiger partial charge in [0.1, 0.15) is 5.52 Å². The van der Waals surface area contributed by atoms with Crippen LogP contribution < -0.4 is 10.3 Å². The summed E-state index contributed by atoms with van der Waals surface area (Å²) in [5.74, 6) is 0.0994. The second-order valence-corrected chi connectivity index (χ2v) is 9.01. The van der Waals surface area contributed by atoms with Gasteiger partial charge in [-0.1, -0.05) is 6.92 Å². The predicted octanol–water partition coefficient (Wildman–Crippen LogP) is 2.72. The lowest BCUT2D eigenvalue weighted by Crippen LogP contribution is -2.28. The van der Waals surface area contributed by atoms with Gasteiger partial charge in [-0.3, -0.25) is 4.79 Å². The van der Waals surface area contributed by atoms with Crippen molar-refractivity contribution in [3.63, 3.8) is 0 Å². The molecule has 1 aliphatic carbocycles. The van der Waals surface area contributed by atoms with Crippen LogP contribution in [0, 0.1) is 0 Å². The van der Waals surface area contributed by atoms with Crippen molar-refractivity contribution in [3.05, 3.63) is 34.7 Å². The van der Waals surface area contributed by atoms with Crippen LogP contribution in [0.2, 0.25) is 0 Å². The van der Waals surface area contributed by atoms with Crippen molar-refractivity contribution in [1.82, 2.24) is 14.3 Å². The van der Waals surface area contributed by atoms with Crippen molar-refractivity contribution in [2.45, 2.75) is 37.1 Å². The molecule has 0 saturated heterocycles. The molecule has 1 fully saturated rings. The van der Waals surface area contributed by atoms with E-state index in [4.69, 9.17) is 9.47 Å². The third kappa shape index (κ3) is 3.49. The Hall–Kier alpha value is -2.85. The van der Waals surface area contributed by atoms with Crippen LogP contribution >= 0.6 is 0 Å². The zero-order valence-corrected chi connectivity index (χ0v) is 16.8. The number of pyridine rings is 1. The minimum Gasteiger partial charge on any atom is -0.434 e. The average molecular weight is 419 g/mol. The number of aromatic amines is 2. The monoisotopic (exact) mass is 419 g/mol. The first-order valence-corrected chi connectivity index (χ1v) is 10.8. The lowest BCUT2D eigenvalue weighted by atomic mass is 10.1. The molecule has 0 atom stereocenters. The number of rotatable bonds is 6. The molecule has 3 aromatic rings. The Morgan fingerprint density at radius 1 is 1.31 bits per heavy atom. The van der Waals surface area contributed by atoms with Crippen molar-refractivity contribution < 1.29 is 22.7 Å². The molecule has 0 spiro atoms. The van der Waals surface area contributed by atoms with Gasteiger partial charge in [-0.2, -0.15) is 4.31 Å². The standard InChI is InChI=1S/C19H21N3O6S/c1-3-8-27-19(24)28-15-10-20-17-16(15)13-9-12(6-7-14(13)21-18(17)23)29(25,26)22(2)11-4-5-11/h6-7,9-11,20H,3-5,8H2,1-2H3,(H,21,23). The zero-order valence-electron chi connectivity index (χ0n) is 16.0. The van der Waals surface area contributed by atoms with Crippen molar-refractivity contribution in [1.29, 1.82) is 0 Å². The highest BCUT2D eigenvalue weighted by atomic mass is 32.2. The van der Waals surface area contributed by atoms with Crippen LogP contribution in [0.1, 0.15) is 26.2 Å². The molecule has 0 amide bonds. The highest BCUT2D eigenvalue weighted by molar-refractivity contribution is 7.89. The summed E-state index contributed by atoms with van der Waals surface area (Å²) in [5.41, 5.74) is 0.206. The Labute approximate surface area is 166 Å². The molecule has 1 aromatic carbocycles. The Morgan fingerprint density at radius 2 is 2.07 bits per heavy atom. The number of aromatic nitrogens is 2. The van der Waals surface area contributed by atoms with Crippen LogP contribution in [0.25, 0.3) is 21.8 Å². The zero-order chi connectivity index (χ0) is 20.8.